The standard InChI is InChI=1S/C13H20N4O3/c14-5-9-17-11(18)4-8-16(13(17)20)10-12(19)15-6-2-1-3-7-15/h4,8H,1-3,5-7,9-10,14H2. The zero-order valence-electron chi connectivity index (χ0n) is 11.5. The number of aromatic nitrogens is 2. The fraction of sp³-hybridized carbons (Fsp3) is 0.615. The Balaban J connectivity index is 2.17. The number of hydrogen-bond acceptors (Lipinski definition) is 4. The molecule has 1 aliphatic heterocycles. The number of hydrogen-bond donors (Lipinski definition) is 1. The van der Waals surface area contributed by atoms with Gasteiger partial charge in [-0.2, -0.15) is 0 Å². The number of piperidine rings is 1. The third-order valence-electron chi connectivity index (χ3n) is 3.51. The Labute approximate surface area is 116 Å². The van der Waals surface area contributed by atoms with E-state index in [4.69, 9.17) is 5.73 Å². The van der Waals surface area contributed by atoms with E-state index in [-0.39, 0.29) is 31.1 Å². The van der Waals surface area contributed by atoms with E-state index in [1.54, 1.807) is 4.90 Å². The van der Waals surface area contributed by atoms with Gasteiger partial charge in [-0.3, -0.25) is 18.7 Å². The van der Waals surface area contributed by atoms with Gasteiger partial charge in [0.1, 0.15) is 6.54 Å². The number of nitrogens with two attached hydrogens (primary N) is 1. The highest BCUT2D eigenvalue weighted by molar-refractivity contribution is 5.76. The summed E-state index contributed by atoms with van der Waals surface area (Å²) < 4.78 is 2.33. The maximum absolute atomic E-state index is 12.1. The molecule has 1 amide bonds. The predicted octanol–water partition coefficient (Wildman–Crippen LogP) is -1.02. The smallest absolute Gasteiger partial charge is 0.331 e. The minimum atomic E-state index is -0.478. The Hall–Kier alpha value is -1.89. The maximum atomic E-state index is 12.1. The van der Waals surface area contributed by atoms with Crippen molar-refractivity contribution in [2.45, 2.75) is 32.4 Å². The Morgan fingerprint density at radius 1 is 1.20 bits per heavy atom. The molecule has 0 unspecified atom stereocenters. The van der Waals surface area contributed by atoms with Gasteiger partial charge in [-0.15, -0.1) is 0 Å². The van der Waals surface area contributed by atoms with Gasteiger partial charge in [0.25, 0.3) is 5.56 Å². The van der Waals surface area contributed by atoms with Gasteiger partial charge in [-0.1, -0.05) is 0 Å². The first-order valence-corrected chi connectivity index (χ1v) is 6.91. The summed E-state index contributed by atoms with van der Waals surface area (Å²) in [4.78, 5) is 37.6. The van der Waals surface area contributed by atoms with Crippen LogP contribution < -0.4 is 17.0 Å². The van der Waals surface area contributed by atoms with Crippen LogP contribution in [-0.2, 0) is 17.9 Å². The van der Waals surface area contributed by atoms with E-state index in [2.05, 4.69) is 0 Å². The summed E-state index contributed by atoms with van der Waals surface area (Å²) in [7, 11) is 0. The molecule has 2 N–H and O–H groups in total. The van der Waals surface area contributed by atoms with Crippen LogP contribution in [0, 0.1) is 0 Å². The average Bonchev–Trinajstić information content (AvgIpc) is 2.47. The number of carbonyl (C=O) groups is 1. The SMILES string of the molecule is NCCn1c(=O)ccn(CC(=O)N2CCCCC2)c1=O. The van der Waals surface area contributed by atoms with Gasteiger partial charge in [-0.05, 0) is 19.3 Å². The second kappa shape index (κ2) is 6.51. The second-order valence-electron chi connectivity index (χ2n) is 4.95. The van der Waals surface area contributed by atoms with Crippen LogP contribution in [-0.4, -0.2) is 39.6 Å². The molecule has 0 aromatic carbocycles. The second-order valence-corrected chi connectivity index (χ2v) is 4.95. The Kier molecular flexibility index (Phi) is 4.73. The van der Waals surface area contributed by atoms with Crippen molar-refractivity contribution < 1.29 is 4.79 Å². The Bertz CT molecular complexity index is 584. The molecular formula is C13H20N4O3. The average molecular weight is 280 g/mol. The minimum absolute atomic E-state index is 0.0241. The predicted molar refractivity (Wildman–Crippen MR) is 74.4 cm³/mol. The monoisotopic (exact) mass is 280 g/mol. The van der Waals surface area contributed by atoms with Crippen LogP contribution in [0.1, 0.15) is 19.3 Å². The lowest BCUT2D eigenvalue weighted by Crippen LogP contribution is -2.44. The number of nitrogens with zero attached hydrogens (tertiary/aromatic N) is 3. The van der Waals surface area contributed by atoms with Gasteiger partial charge in [0.15, 0.2) is 0 Å². The summed E-state index contributed by atoms with van der Waals surface area (Å²) in [6.45, 7) is 1.84. The van der Waals surface area contributed by atoms with E-state index in [9.17, 15) is 14.4 Å². The Morgan fingerprint density at radius 2 is 1.90 bits per heavy atom. The molecule has 2 heterocycles. The number of amides is 1. The maximum Gasteiger partial charge on any atom is 0.331 e. The molecule has 0 atom stereocenters. The van der Waals surface area contributed by atoms with E-state index in [0.29, 0.717) is 0 Å². The third kappa shape index (κ3) is 3.16. The van der Waals surface area contributed by atoms with Crippen molar-refractivity contribution in [2.24, 2.45) is 5.73 Å². The van der Waals surface area contributed by atoms with Crippen molar-refractivity contribution in [1.29, 1.82) is 0 Å². The first-order chi connectivity index (χ1) is 9.63. The zero-order chi connectivity index (χ0) is 14.5. The van der Waals surface area contributed by atoms with Crippen LogP contribution in [0.5, 0.6) is 0 Å². The van der Waals surface area contributed by atoms with Crippen molar-refractivity contribution in [2.75, 3.05) is 19.6 Å². The normalized spacial score (nSPS) is 15.3. The van der Waals surface area contributed by atoms with E-state index in [1.807, 2.05) is 0 Å². The molecule has 0 spiro atoms. The van der Waals surface area contributed by atoms with Gasteiger partial charge in [0, 0.05) is 38.4 Å². The van der Waals surface area contributed by atoms with E-state index >= 15 is 0 Å². The molecule has 20 heavy (non-hydrogen) atoms. The number of rotatable bonds is 4. The molecule has 7 nitrogen and oxygen atoms in total. The molecule has 0 aliphatic carbocycles. The third-order valence-corrected chi connectivity index (χ3v) is 3.51. The van der Waals surface area contributed by atoms with E-state index < -0.39 is 5.69 Å². The highest BCUT2D eigenvalue weighted by atomic mass is 16.2. The summed E-state index contributed by atoms with van der Waals surface area (Å²) in [5.41, 5.74) is 4.52. The summed E-state index contributed by atoms with van der Waals surface area (Å²) in [6, 6.07) is 1.29. The first-order valence-electron chi connectivity index (χ1n) is 6.91. The molecule has 0 bridgehead atoms. The quantitative estimate of drug-likeness (QED) is 0.764. The molecule has 1 aromatic heterocycles. The topological polar surface area (TPSA) is 90.3 Å². The lowest BCUT2D eigenvalue weighted by Gasteiger charge is -2.26. The molecule has 1 saturated heterocycles. The van der Waals surface area contributed by atoms with Crippen molar-refractivity contribution in [3.8, 4) is 0 Å². The highest BCUT2D eigenvalue weighted by Gasteiger charge is 2.17. The van der Waals surface area contributed by atoms with Crippen LogP contribution >= 0.6 is 0 Å². The summed E-state index contributed by atoms with van der Waals surface area (Å²) in [6.07, 6.45) is 4.53. The molecule has 1 fully saturated rings. The minimum Gasteiger partial charge on any atom is -0.341 e. The highest BCUT2D eigenvalue weighted by Crippen LogP contribution is 2.08. The van der Waals surface area contributed by atoms with E-state index in [0.717, 1.165) is 36.9 Å². The van der Waals surface area contributed by atoms with Gasteiger partial charge >= 0.3 is 5.69 Å². The molecule has 2 rings (SSSR count). The largest absolute Gasteiger partial charge is 0.341 e. The van der Waals surface area contributed by atoms with Crippen LogP contribution in [0.25, 0.3) is 0 Å². The molecule has 110 valence electrons. The summed E-state index contributed by atoms with van der Waals surface area (Å²) in [5, 5.41) is 0. The van der Waals surface area contributed by atoms with Crippen molar-refractivity contribution >= 4 is 5.91 Å². The van der Waals surface area contributed by atoms with Crippen LogP contribution in [0.4, 0.5) is 0 Å². The molecular weight excluding hydrogens is 260 g/mol. The van der Waals surface area contributed by atoms with Gasteiger partial charge in [0.2, 0.25) is 5.91 Å². The van der Waals surface area contributed by atoms with Crippen LogP contribution in [0.15, 0.2) is 21.9 Å². The van der Waals surface area contributed by atoms with Crippen molar-refractivity contribution in [3.05, 3.63) is 33.1 Å². The number of carbonyl (C=O) groups excluding carboxylic acids is 1. The van der Waals surface area contributed by atoms with Crippen molar-refractivity contribution in [3.63, 3.8) is 0 Å². The van der Waals surface area contributed by atoms with Gasteiger partial charge in [-0.25, -0.2) is 4.79 Å². The fourth-order valence-electron chi connectivity index (χ4n) is 2.40. The Morgan fingerprint density at radius 3 is 2.55 bits per heavy atom. The molecule has 1 aromatic rings. The van der Waals surface area contributed by atoms with Crippen molar-refractivity contribution in [1.82, 2.24) is 14.0 Å². The fourth-order valence-corrected chi connectivity index (χ4v) is 2.40. The van der Waals surface area contributed by atoms with E-state index in [1.165, 1.54) is 16.8 Å². The van der Waals surface area contributed by atoms with Gasteiger partial charge in [0.05, 0.1) is 0 Å². The lowest BCUT2D eigenvalue weighted by atomic mass is 10.1. The first kappa shape index (κ1) is 14.5. The molecule has 0 saturated carbocycles. The van der Waals surface area contributed by atoms with Gasteiger partial charge < -0.3 is 10.6 Å². The van der Waals surface area contributed by atoms with Crippen LogP contribution in [0.2, 0.25) is 0 Å². The van der Waals surface area contributed by atoms with Crippen LogP contribution in [0.3, 0.4) is 0 Å². The lowest BCUT2D eigenvalue weighted by molar-refractivity contribution is -0.132. The summed E-state index contributed by atoms with van der Waals surface area (Å²) in [5.74, 6) is -0.0789. The summed E-state index contributed by atoms with van der Waals surface area (Å²) >= 11 is 0. The molecule has 0 radical (unpaired) electrons. The molecule has 1 aliphatic rings. The molecule has 7 heteroatoms. The number of likely N-dealkylation sites (tertiary alicyclic amines) is 1. The zero-order valence-corrected chi connectivity index (χ0v) is 11.5.